The number of amides is 2. The summed E-state index contributed by atoms with van der Waals surface area (Å²) < 4.78 is 0. The molecule has 1 heterocycles. The van der Waals surface area contributed by atoms with Gasteiger partial charge in [0.15, 0.2) is 0 Å². The quantitative estimate of drug-likeness (QED) is 0.836. The van der Waals surface area contributed by atoms with Crippen molar-refractivity contribution in [3.8, 4) is 0 Å². The fourth-order valence-corrected chi connectivity index (χ4v) is 1.66. The number of rotatable bonds is 6. The van der Waals surface area contributed by atoms with Crippen LogP contribution in [0, 0.1) is 0 Å². The molecule has 6 nitrogen and oxygen atoms in total. The number of aromatic nitrogens is 1. The van der Waals surface area contributed by atoms with Gasteiger partial charge in [0.2, 0.25) is 11.8 Å². The first-order valence-electron chi connectivity index (χ1n) is 6.36. The molecular formula is C13H21ClN4O2. The van der Waals surface area contributed by atoms with Gasteiger partial charge in [0, 0.05) is 25.9 Å². The number of hydrogen-bond acceptors (Lipinski definition) is 4. The van der Waals surface area contributed by atoms with Gasteiger partial charge in [-0.25, -0.2) is 4.98 Å². The Morgan fingerprint density at radius 3 is 2.40 bits per heavy atom. The molecule has 112 valence electrons. The van der Waals surface area contributed by atoms with Crippen molar-refractivity contribution in [1.29, 1.82) is 0 Å². The third-order valence-corrected chi connectivity index (χ3v) is 2.75. The Labute approximate surface area is 125 Å². The summed E-state index contributed by atoms with van der Waals surface area (Å²) in [6.07, 6.45) is 1.87. The number of halogens is 1. The molecule has 0 radical (unpaired) electrons. The lowest BCUT2D eigenvalue weighted by molar-refractivity contribution is -0.132. The van der Waals surface area contributed by atoms with Crippen molar-refractivity contribution in [3.05, 3.63) is 18.3 Å². The van der Waals surface area contributed by atoms with Crippen LogP contribution < -0.4 is 11.1 Å². The van der Waals surface area contributed by atoms with Gasteiger partial charge < -0.3 is 16.0 Å². The minimum absolute atomic E-state index is 0. The first-order chi connectivity index (χ1) is 9.06. The SMILES string of the molecule is CCN(CC)C(=O)CCC(=O)Nc1ccc(N)nc1.Cl. The van der Waals surface area contributed by atoms with Gasteiger partial charge in [-0.05, 0) is 26.0 Å². The lowest BCUT2D eigenvalue weighted by Gasteiger charge is -2.18. The second-order valence-electron chi connectivity index (χ2n) is 4.09. The molecule has 0 aliphatic rings. The summed E-state index contributed by atoms with van der Waals surface area (Å²) in [6.45, 7) is 5.17. The zero-order valence-electron chi connectivity index (χ0n) is 11.8. The molecule has 1 aromatic rings. The molecular weight excluding hydrogens is 280 g/mol. The predicted molar refractivity (Wildman–Crippen MR) is 81.7 cm³/mol. The summed E-state index contributed by atoms with van der Waals surface area (Å²) in [4.78, 5) is 29.0. The number of nitrogens with two attached hydrogens (primary N) is 1. The molecule has 7 heteroatoms. The van der Waals surface area contributed by atoms with Crippen molar-refractivity contribution >= 4 is 35.7 Å². The maximum atomic E-state index is 11.7. The largest absolute Gasteiger partial charge is 0.384 e. The highest BCUT2D eigenvalue weighted by molar-refractivity contribution is 5.93. The highest BCUT2D eigenvalue weighted by atomic mass is 35.5. The van der Waals surface area contributed by atoms with E-state index in [9.17, 15) is 9.59 Å². The summed E-state index contributed by atoms with van der Waals surface area (Å²) in [5.41, 5.74) is 6.02. The summed E-state index contributed by atoms with van der Waals surface area (Å²) in [6, 6.07) is 3.28. The lowest BCUT2D eigenvalue weighted by atomic mass is 10.2. The van der Waals surface area contributed by atoms with Gasteiger partial charge in [-0.2, -0.15) is 0 Å². The average Bonchev–Trinajstić information content (AvgIpc) is 2.40. The summed E-state index contributed by atoms with van der Waals surface area (Å²) in [5, 5.41) is 2.67. The minimum Gasteiger partial charge on any atom is -0.384 e. The van der Waals surface area contributed by atoms with Crippen LogP contribution in [0.5, 0.6) is 0 Å². The monoisotopic (exact) mass is 300 g/mol. The number of carbonyl (C=O) groups excluding carboxylic acids is 2. The van der Waals surface area contributed by atoms with Gasteiger partial charge in [-0.1, -0.05) is 0 Å². The van der Waals surface area contributed by atoms with Crippen LogP contribution in [0.3, 0.4) is 0 Å². The smallest absolute Gasteiger partial charge is 0.224 e. The molecule has 0 aliphatic carbocycles. The van der Waals surface area contributed by atoms with Crippen molar-refractivity contribution in [1.82, 2.24) is 9.88 Å². The second kappa shape index (κ2) is 9.14. The topological polar surface area (TPSA) is 88.3 Å². The molecule has 0 atom stereocenters. The van der Waals surface area contributed by atoms with Crippen LogP contribution in [-0.4, -0.2) is 34.8 Å². The van der Waals surface area contributed by atoms with E-state index in [1.807, 2.05) is 13.8 Å². The van der Waals surface area contributed by atoms with Crippen LogP contribution in [0.15, 0.2) is 18.3 Å². The standard InChI is InChI=1S/C13H20N4O2.ClH/c1-3-17(4-2)13(19)8-7-12(18)16-10-5-6-11(14)15-9-10;/h5-6,9H,3-4,7-8H2,1-2H3,(H2,14,15)(H,16,18);1H. The Bertz CT molecular complexity index is 433. The van der Waals surface area contributed by atoms with E-state index in [2.05, 4.69) is 10.3 Å². The number of nitrogens with one attached hydrogen (secondary N) is 1. The highest BCUT2D eigenvalue weighted by Gasteiger charge is 2.12. The van der Waals surface area contributed by atoms with Crippen molar-refractivity contribution in [2.75, 3.05) is 24.1 Å². The number of pyridine rings is 1. The molecule has 0 fully saturated rings. The highest BCUT2D eigenvalue weighted by Crippen LogP contribution is 2.08. The molecule has 1 aromatic heterocycles. The van der Waals surface area contributed by atoms with E-state index >= 15 is 0 Å². The number of nitrogen functional groups attached to an aromatic ring is 1. The lowest BCUT2D eigenvalue weighted by Crippen LogP contribution is -2.31. The van der Waals surface area contributed by atoms with Crippen LogP contribution in [0.1, 0.15) is 26.7 Å². The van der Waals surface area contributed by atoms with Crippen LogP contribution in [-0.2, 0) is 9.59 Å². The Hall–Kier alpha value is -1.82. The normalized spacial score (nSPS) is 9.50. The second-order valence-corrected chi connectivity index (χ2v) is 4.09. The Balaban J connectivity index is 0.00000361. The molecule has 0 aromatic carbocycles. The predicted octanol–water partition coefficient (Wildman–Crippen LogP) is 1.67. The number of hydrogen-bond donors (Lipinski definition) is 2. The van der Waals surface area contributed by atoms with E-state index in [-0.39, 0.29) is 37.1 Å². The first kappa shape index (κ1) is 18.2. The van der Waals surface area contributed by atoms with Gasteiger partial charge in [-0.15, -0.1) is 12.4 Å². The van der Waals surface area contributed by atoms with Gasteiger partial charge >= 0.3 is 0 Å². The molecule has 20 heavy (non-hydrogen) atoms. The van der Waals surface area contributed by atoms with Crippen molar-refractivity contribution in [2.45, 2.75) is 26.7 Å². The zero-order valence-corrected chi connectivity index (χ0v) is 12.6. The third-order valence-electron chi connectivity index (χ3n) is 2.75. The van der Waals surface area contributed by atoms with Crippen molar-refractivity contribution in [3.63, 3.8) is 0 Å². The fourth-order valence-electron chi connectivity index (χ4n) is 1.66. The molecule has 0 bridgehead atoms. The summed E-state index contributed by atoms with van der Waals surface area (Å²) in [7, 11) is 0. The fraction of sp³-hybridized carbons (Fsp3) is 0.462. The molecule has 1 rings (SSSR count). The molecule has 0 aliphatic heterocycles. The Morgan fingerprint density at radius 2 is 1.90 bits per heavy atom. The minimum atomic E-state index is -0.202. The first-order valence-corrected chi connectivity index (χ1v) is 6.36. The Morgan fingerprint density at radius 1 is 1.25 bits per heavy atom. The van der Waals surface area contributed by atoms with E-state index in [0.717, 1.165) is 0 Å². The van der Waals surface area contributed by atoms with Gasteiger partial charge in [0.1, 0.15) is 5.82 Å². The summed E-state index contributed by atoms with van der Waals surface area (Å²) in [5.74, 6) is 0.192. The maximum absolute atomic E-state index is 11.7. The van der Waals surface area contributed by atoms with Crippen molar-refractivity contribution in [2.24, 2.45) is 0 Å². The summed E-state index contributed by atoms with van der Waals surface area (Å²) >= 11 is 0. The molecule has 3 N–H and O–H groups in total. The third kappa shape index (κ3) is 5.88. The number of carbonyl (C=O) groups is 2. The molecule has 0 saturated carbocycles. The van der Waals surface area contributed by atoms with Crippen LogP contribution in [0.25, 0.3) is 0 Å². The average molecular weight is 301 g/mol. The number of nitrogens with zero attached hydrogens (tertiary/aromatic N) is 2. The van der Waals surface area contributed by atoms with Crippen LogP contribution in [0.2, 0.25) is 0 Å². The molecule has 2 amide bonds. The van der Waals surface area contributed by atoms with Crippen LogP contribution >= 0.6 is 12.4 Å². The number of anilines is 2. The van der Waals surface area contributed by atoms with E-state index in [4.69, 9.17) is 5.73 Å². The van der Waals surface area contributed by atoms with Crippen molar-refractivity contribution < 1.29 is 9.59 Å². The van der Waals surface area contributed by atoms with E-state index in [1.54, 1.807) is 17.0 Å². The Kier molecular flexibility index (Phi) is 8.31. The van der Waals surface area contributed by atoms with E-state index in [1.165, 1.54) is 6.20 Å². The van der Waals surface area contributed by atoms with E-state index in [0.29, 0.717) is 24.6 Å². The molecule has 0 spiro atoms. The molecule has 0 saturated heterocycles. The van der Waals surface area contributed by atoms with Gasteiger partial charge in [-0.3, -0.25) is 9.59 Å². The zero-order chi connectivity index (χ0) is 14.3. The van der Waals surface area contributed by atoms with Gasteiger partial charge in [0.25, 0.3) is 0 Å². The van der Waals surface area contributed by atoms with Crippen LogP contribution in [0.4, 0.5) is 11.5 Å². The molecule has 0 unspecified atom stereocenters. The van der Waals surface area contributed by atoms with Gasteiger partial charge in [0.05, 0.1) is 11.9 Å². The van der Waals surface area contributed by atoms with E-state index < -0.39 is 0 Å². The maximum Gasteiger partial charge on any atom is 0.224 e.